The maximum atomic E-state index is 12.4. The van der Waals surface area contributed by atoms with Gasteiger partial charge >= 0.3 is 0 Å². The number of hydrogen-bond donors (Lipinski definition) is 2. The molecule has 2 rings (SSSR count). The largest absolute Gasteiger partial charge is 0.326 e. The number of sulfonamides is 1. The molecule has 106 valence electrons. The first-order valence-corrected chi connectivity index (χ1v) is 8.22. The Bertz CT molecular complexity index is 551. The number of benzene rings is 1. The van der Waals surface area contributed by atoms with Crippen molar-refractivity contribution in [2.45, 2.75) is 50.6 Å². The second kappa shape index (κ2) is 5.61. The zero-order valence-electron chi connectivity index (χ0n) is 11.5. The molecule has 0 aliphatic heterocycles. The van der Waals surface area contributed by atoms with E-state index in [-0.39, 0.29) is 6.04 Å². The Kier molecular flexibility index (Phi) is 4.28. The van der Waals surface area contributed by atoms with Crippen LogP contribution in [0.2, 0.25) is 0 Å². The zero-order valence-corrected chi connectivity index (χ0v) is 12.3. The summed E-state index contributed by atoms with van der Waals surface area (Å²) < 4.78 is 27.5. The smallest absolute Gasteiger partial charge is 0.241 e. The van der Waals surface area contributed by atoms with Gasteiger partial charge in [-0.25, -0.2) is 13.1 Å². The summed E-state index contributed by atoms with van der Waals surface area (Å²) in [6.45, 7) is 4.08. The molecule has 3 N–H and O–H groups in total. The molecular weight excluding hydrogens is 260 g/mol. The van der Waals surface area contributed by atoms with E-state index in [0.29, 0.717) is 17.4 Å². The predicted molar refractivity (Wildman–Crippen MR) is 76.2 cm³/mol. The molecule has 1 aliphatic carbocycles. The third kappa shape index (κ3) is 3.78. The van der Waals surface area contributed by atoms with Crippen molar-refractivity contribution >= 4 is 10.0 Å². The summed E-state index contributed by atoms with van der Waals surface area (Å²) in [6.07, 6.45) is 3.39. The van der Waals surface area contributed by atoms with E-state index in [1.165, 1.54) is 12.8 Å². The van der Waals surface area contributed by atoms with Gasteiger partial charge in [-0.05, 0) is 43.4 Å². The molecule has 1 aromatic carbocycles. The van der Waals surface area contributed by atoms with Crippen LogP contribution < -0.4 is 10.5 Å². The Hall–Kier alpha value is -0.910. The van der Waals surface area contributed by atoms with E-state index >= 15 is 0 Å². The molecule has 0 spiro atoms. The minimum Gasteiger partial charge on any atom is -0.326 e. The number of nitrogens with one attached hydrogen (secondary N) is 1. The zero-order chi connectivity index (χ0) is 14.0. The molecule has 0 heterocycles. The van der Waals surface area contributed by atoms with Crippen LogP contribution in [0.25, 0.3) is 0 Å². The highest BCUT2D eigenvalue weighted by molar-refractivity contribution is 7.89. The molecule has 1 fully saturated rings. The summed E-state index contributed by atoms with van der Waals surface area (Å²) in [5, 5.41) is 0. The van der Waals surface area contributed by atoms with Gasteiger partial charge in [-0.15, -0.1) is 0 Å². The molecule has 4 nitrogen and oxygen atoms in total. The van der Waals surface area contributed by atoms with Gasteiger partial charge in [0.1, 0.15) is 0 Å². The first kappa shape index (κ1) is 14.5. The van der Waals surface area contributed by atoms with Crippen molar-refractivity contribution < 1.29 is 8.42 Å². The van der Waals surface area contributed by atoms with Gasteiger partial charge in [0.2, 0.25) is 10.0 Å². The molecule has 1 aromatic rings. The van der Waals surface area contributed by atoms with Crippen LogP contribution in [0.5, 0.6) is 0 Å². The van der Waals surface area contributed by atoms with Crippen LogP contribution in [0.4, 0.5) is 0 Å². The standard InChI is InChI=1S/C14H22N2O2S/c1-10-3-4-13(9-15)8-14(10)19(17,18)16-11(2)7-12-5-6-12/h3-4,8,11-12,16H,5-7,9,15H2,1-2H3. The Morgan fingerprint density at radius 2 is 2.11 bits per heavy atom. The van der Waals surface area contributed by atoms with Crippen molar-refractivity contribution in [3.05, 3.63) is 29.3 Å². The van der Waals surface area contributed by atoms with Crippen molar-refractivity contribution in [1.29, 1.82) is 0 Å². The highest BCUT2D eigenvalue weighted by Crippen LogP contribution is 2.33. The summed E-state index contributed by atoms with van der Waals surface area (Å²) in [4.78, 5) is 0.345. The van der Waals surface area contributed by atoms with E-state index in [4.69, 9.17) is 5.73 Å². The first-order valence-electron chi connectivity index (χ1n) is 6.74. The number of nitrogens with two attached hydrogens (primary N) is 1. The monoisotopic (exact) mass is 282 g/mol. The van der Waals surface area contributed by atoms with Gasteiger partial charge in [-0.1, -0.05) is 25.0 Å². The molecule has 5 heteroatoms. The van der Waals surface area contributed by atoms with E-state index in [1.807, 2.05) is 19.1 Å². The highest BCUT2D eigenvalue weighted by Gasteiger charge is 2.26. The molecule has 1 aliphatic rings. The molecular formula is C14H22N2O2S. The van der Waals surface area contributed by atoms with Crippen molar-refractivity contribution in [1.82, 2.24) is 4.72 Å². The fraction of sp³-hybridized carbons (Fsp3) is 0.571. The summed E-state index contributed by atoms with van der Waals surface area (Å²) >= 11 is 0. The molecule has 0 bridgehead atoms. The van der Waals surface area contributed by atoms with Gasteiger partial charge in [-0.3, -0.25) is 0 Å². The SMILES string of the molecule is Cc1ccc(CN)cc1S(=O)(=O)NC(C)CC1CC1. The maximum Gasteiger partial charge on any atom is 0.241 e. The van der Waals surface area contributed by atoms with Crippen LogP contribution in [0, 0.1) is 12.8 Å². The second-order valence-corrected chi connectivity index (χ2v) is 7.19. The predicted octanol–water partition coefficient (Wildman–Crippen LogP) is 1.92. The fourth-order valence-corrected chi connectivity index (χ4v) is 3.84. The van der Waals surface area contributed by atoms with Crippen LogP contribution in [-0.4, -0.2) is 14.5 Å². The number of rotatable bonds is 6. The molecule has 0 radical (unpaired) electrons. The average molecular weight is 282 g/mol. The summed E-state index contributed by atoms with van der Waals surface area (Å²) in [5.74, 6) is 0.703. The van der Waals surface area contributed by atoms with E-state index in [2.05, 4.69) is 4.72 Å². The highest BCUT2D eigenvalue weighted by atomic mass is 32.2. The quantitative estimate of drug-likeness (QED) is 0.837. The van der Waals surface area contributed by atoms with E-state index in [9.17, 15) is 8.42 Å². The average Bonchev–Trinajstić information content (AvgIpc) is 3.12. The summed E-state index contributed by atoms with van der Waals surface area (Å²) in [5.41, 5.74) is 7.16. The Labute approximate surface area is 115 Å². The van der Waals surface area contributed by atoms with Crippen LogP contribution in [0.1, 0.15) is 37.3 Å². The van der Waals surface area contributed by atoms with Gasteiger partial charge in [0.25, 0.3) is 0 Å². The fourth-order valence-electron chi connectivity index (χ4n) is 2.29. The maximum absolute atomic E-state index is 12.4. The van der Waals surface area contributed by atoms with Gasteiger partial charge in [0.05, 0.1) is 4.90 Å². The van der Waals surface area contributed by atoms with Crippen LogP contribution in [-0.2, 0) is 16.6 Å². The van der Waals surface area contributed by atoms with Crippen molar-refractivity contribution in [3.63, 3.8) is 0 Å². The molecule has 0 aromatic heterocycles. The van der Waals surface area contributed by atoms with E-state index < -0.39 is 10.0 Å². The molecule has 0 saturated heterocycles. The topological polar surface area (TPSA) is 72.2 Å². The Morgan fingerprint density at radius 1 is 1.42 bits per heavy atom. The van der Waals surface area contributed by atoms with Crippen LogP contribution in [0.15, 0.2) is 23.1 Å². The van der Waals surface area contributed by atoms with Gasteiger partial charge in [0.15, 0.2) is 0 Å². The Morgan fingerprint density at radius 3 is 2.68 bits per heavy atom. The minimum absolute atomic E-state index is 0.0153. The third-order valence-corrected chi connectivity index (χ3v) is 5.25. The lowest BCUT2D eigenvalue weighted by atomic mass is 10.1. The molecule has 0 amide bonds. The van der Waals surface area contributed by atoms with E-state index in [0.717, 1.165) is 17.5 Å². The van der Waals surface area contributed by atoms with Crippen molar-refractivity contribution in [2.75, 3.05) is 0 Å². The van der Waals surface area contributed by atoms with Crippen LogP contribution in [0.3, 0.4) is 0 Å². The first-order chi connectivity index (χ1) is 8.92. The van der Waals surface area contributed by atoms with Gasteiger partial charge < -0.3 is 5.73 Å². The lowest BCUT2D eigenvalue weighted by Crippen LogP contribution is -2.33. The van der Waals surface area contributed by atoms with Gasteiger partial charge in [-0.2, -0.15) is 0 Å². The lowest BCUT2D eigenvalue weighted by Gasteiger charge is -2.15. The molecule has 1 atom stereocenters. The number of aryl methyl sites for hydroxylation is 1. The molecule has 1 unspecified atom stereocenters. The lowest BCUT2D eigenvalue weighted by molar-refractivity contribution is 0.529. The van der Waals surface area contributed by atoms with Crippen LogP contribution >= 0.6 is 0 Å². The minimum atomic E-state index is -3.45. The number of hydrogen-bond acceptors (Lipinski definition) is 3. The van der Waals surface area contributed by atoms with Gasteiger partial charge in [0, 0.05) is 12.6 Å². The molecule has 1 saturated carbocycles. The summed E-state index contributed by atoms with van der Waals surface area (Å²) in [7, 11) is -3.45. The van der Waals surface area contributed by atoms with Crippen molar-refractivity contribution in [2.24, 2.45) is 11.7 Å². The summed E-state index contributed by atoms with van der Waals surface area (Å²) in [6, 6.07) is 5.32. The van der Waals surface area contributed by atoms with Crippen molar-refractivity contribution in [3.8, 4) is 0 Å². The normalized spacial score (nSPS) is 17.4. The third-order valence-electron chi connectivity index (χ3n) is 3.52. The Balaban J connectivity index is 2.17. The second-order valence-electron chi connectivity index (χ2n) is 5.51. The van der Waals surface area contributed by atoms with E-state index in [1.54, 1.807) is 13.0 Å². The molecule has 19 heavy (non-hydrogen) atoms.